The fourth-order valence-electron chi connectivity index (χ4n) is 3.35. The number of nitrogens with zero attached hydrogens (tertiary/aromatic N) is 1. The van der Waals surface area contributed by atoms with Crippen LogP contribution in [-0.2, 0) is 9.59 Å². The Morgan fingerprint density at radius 2 is 1.74 bits per heavy atom. The van der Waals surface area contributed by atoms with Crippen LogP contribution in [0.15, 0.2) is 29.2 Å². The average Bonchev–Trinajstić information content (AvgIpc) is 2.80. The molecule has 1 aromatic carbocycles. The van der Waals surface area contributed by atoms with E-state index in [2.05, 4.69) is 0 Å². The number of thioether (sulfide) groups is 1. The topological polar surface area (TPSA) is 37.4 Å². The molecule has 23 heavy (non-hydrogen) atoms. The molecule has 3 rings (SSSR count). The quantitative estimate of drug-likeness (QED) is 0.782. The Balaban J connectivity index is 1.98. The maximum Gasteiger partial charge on any atom is 0.268 e. The van der Waals surface area contributed by atoms with Crippen molar-refractivity contribution in [1.29, 1.82) is 0 Å². The van der Waals surface area contributed by atoms with Gasteiger partial charge < -0.3 is 0 Å². The van der Waals surface area contributed by atoms with Crippen LogP contribution in [0.3, 0.4) is 0 Å². The van der Waals surface area contributed by atoms with E-state index in [4.69, 9.17) is 0 Å². The molecule has 0 radical (unpaired) electrons. The molecule has 2 aliphatic rings. The number of hydrogen-bond acceptors (Lipinski definition) is 3. The zero-order valence-corrected chi connectivity index (χ0v) is 14.0. The summed E-state index contributed by atoms with van der Waals surface area (Å²) >= 11 is 1.40. The summed E-state index contributed by atoms with van der Waals surface area (Å²) in [5.74, 6) is -0.0186. The Morgan fingerprint density at radius 1 is 1.09 bits per heavy atom. The van der Waals surface area contributed by atoms with Crippen molar-refractivity contribution in [2.75, 3.05) is 5.75 Å². The largest absolute Gasteiger partial charge is 0.271 e. The van der Waals surface area contributed by atoms with Gasteiger partial charge in [0.05, 0.1) is 10.5 Å². The molecular weight excluding hydrogens is 313 g/mol. The smallest absolute Gasteiger partial charge is 0.268 e. The normalized spacial score (nSPS) is 19.8. The SMILES string of the molecule is CCSC1=C(c2ccc(F)cc2)C(=O)N(C2CCCCC2)C1=O. The standard InChI is InChI=1S/C18H20FNO2S/c1-2-23-16-15(12-8-10-13(19)11-9-12)17(21)20(18(16)22)14-6-4-3-5-7-14/h8-11,14H,2-7H2,1H3. The molecule has 0 bridgehead atoms. The molecule has 0 spiro atoms. The van der Waals surface area contributed by atoms with E-state index in [0.717, 1.165) is 31.4 Å². The first kappa shape index (κ1) is 16.2. The van der Waals surface area contributed by atoms with Crippen LogP contribution in [0.5, 0.6) is 0 Å². The zero-order valence-electron chi connectivity index (χ0n) is 13.2. The van der Waals surface area contributed by atoms with Crippen LogP contribution < -0.4 is 0 Å². The van der Waals surface area contributed by atoms with Gasteiger partial charge in [0.1, 0.15) is 5.82 Å². The minimum Gasteiger partial charge on any atom is -0.271 e. The molecule has 0 unspecified atom stereocenters. The van der Waals surface area contributed by atoms with Crippen molar-refractivity contribution >= 4 is 29.1 Å². The second kappa shape index (κ2) is 6.87. The van der Waals surface area contributed by atoms with Crippen LogP contribution in [0.2, 0.25) is 0 Å². The van der Waals surface area contributed by atoms with Gasteiger partial charge in [0.2, 0.25) is 0 Å². The van der Waals surface area contributed by atoms with Crippen molar-refractivity contribution in [3.8, 4) is 0 Å². The lowest BCUT2D eigenvalue weighted by Gasteiger charge is -2.29. The van der Waals surface area contributed by atoms with Gasteiger partial charge >= 0.3 is 0 Å². The first-order valence-electron chi connectivity index (χ1n) is 8.14. The second-order valence-corrected chi connectivity index (χ2v) is 7.19. The van der Waals surface area contributed by atoms with E-state index in [1.54, 1.807) is 12.1 Å². The van der Waals surface area contributed by atoms with Crippen LogP contribution in [0.1, 0.15) is 44.6 Å². The zero-order chi connectivity index (χ0) is 16.4. The van der Waals surface area contributed by atoms with Gasteiger partial charge in [-0.05, 0) is 36.3 Å². The molecule has 5 heteroatoms. The number of hydrogen-bond donors (Lipinski definition) is 0. The fourth-order valence-corrected chi connectivity index (χ4v) is 4.21. The van der Waals surface area contributed by atoms with Crippen LogP contribution in [0.25, 0.3) is 5.57 Å². The highest BCUT2D eigenvalue weighted by Gasteiger charge is 2.42. The molecule has 0 aromatic heterocycles. The molecule has 0 N–H and O–H groups in total. The summed E-state index contributed by atoms with van der Waals surface area (Å²) in [6.07, 6.45) is 5.06. The van der Waals surface area contributed by atoms with Gasteiger partial charge in [-0.1, -0.05) is 38.3 Å². The first-order chi connectivity index (χ1) is 11.1. The number of carbonyl (C=O) groups excluding carboxylic acids is 2. The lowest BCUT2D eigenvalue weighted by molar-refractivity contribution is -0.139. The molecule has 2 amide bonds. The molecule has 1 aromatic rings. The van der Waals surface area contributed by atoms with Crippen LogP contribution >= 0.6 is 11.8 Å². The molecule has 1 aliphatic heterocycles. The van der Waals surface area contributed by atoms with Gasteiger partial charge in [-0.25, -0.2) is 4.39 Å². The highest BCUT2D eigenvalue weighted by molar-refractivity contribution is 8.04. The van der Waals surface area contributed by atoms with Gasteiger partial charge in [0, 0.05) is 6.04 Å². The highest BCUT2D eigenvalue weighted by atomic mass is 32.2. The Labute approximate surface area is 139 Å². The molecule has 1 saturated carbocycles. The van der Waals surface area contributed by atoms with Gasteiger partial charge in [-0.15, -0.1) is 11.8 Å². The highest BCUT2D eigenvalue weighted by Crippen LogP contribution is 2.39. The lowest BCUT2D eigenvalue weighted by Crippen LogP contribution is -2.42. The number of rotatable bonds is 4. The Bertz CT molecular complexity index is 647. The van der Waals surface area contributed by atoms with Crippen molar-refractivity contribution in [1.82, 2.24) is 4.90 Å². The number of amides is 2. The molecule has 3 nitrogen and oxygen atoms in total. The van der Waals surface area contributed by atoms with Gasteiger partial charge in [0.25, 0.3) is 11.8 Å². The van der Waals surface area contributed by atoms with Gasteiger partial charge in [-0.2, -0.15) is 0 Å². The summed E-state index contributed by atoms with van der Waals surface area (Å²) < 4.78 is 13.2. The summed E-state index contributed by atoms with van der Waals surface area (Å²) in [7, 11) is 0. The summed E-state index contributed by atoms with van der Waals surface area (Å²) in [6.45, 7) is 1.96. The van der Waals surface area contributed by atoms with Crippen molar-refractivity contribution in [2.24, 2.45) is 0 Å². The third-order valence-electron chi connectivity index (χ3n) is 4.43. The molecule has 1 fully saturated rings. The molecule has 0 saturated heterocycles. The molecule has 1 aliphatic carbocycles. The third-order valence-corrected chi connectivity index (χ3v) is 5.39. The Hall–Kier alpha value is -1.62. The Morgan fingerprint density at radius 3 is 2.35 bits per heavy atom. The monoisotopic (exact) mass is 333 g/mol. The summed E-state index contributed by atoms with van der Waals surface area (Å²) in [5.41, 5.74) is 1.06. The lowest BCUT2D eigenvalue weighted by atomic mass is 9.94. The minimum atomic E-state index is -0.347. The van der Waals surface area contributed by atoms with Crippen molar-refractivity contribution in [3.63, 3.8) is 0 Å². The maximum absolute atomic E-state index is 13.2. The predicted octanol–water partition coefficient (Wildman–Crippen LogP) is 3.99. The van der Waals surface area contributed by atoms with Crippen molar-refractivity contribution in [2.45, 2.75) is 45.1 Å². The number of imide groups is 1. The van der Waals surface area contributed by atoms with Crippen molar-refractivity contribution < 1.29 is 14.0 Å². The molecule has 122 valence electrons. The van der Waals surface area contributed by atoms with E-state index in [1.165, 1.54) is 35.2 Å². The second-order valence-electron chi connectivity index (χ2n) is 5.92. The summed E-state index contributed by atoms with van der Waals surface area (Å²) in [6, 6.07) is 5.83. The molecular formula is C18H20FNO2S. The summed E-state index contributed by atoms with van der Waals surface area (Å²) in [5, 5.41) is 0. The van der Waals surface area contributed by atoms with Crippen LogP contribution in [-0.4, -0.2) is 28.5 Å². The number of carbonyl (C=O) groups is 2. The first-order valence-corrected chi connectivity index (χ1v) is 9.13. The average molecular weight is 333 g/mol. The van der Waals surface area contributed by atoms with Crippen LogP contribution in [0.4, 0.5) is 4.39 Å². The van der Waals surface area contributed by atoms with Crippen LogP contribution in [0, 0.1) is 5.82 Å². The van der Waals surface area contributed by atoms with E-state index < -0.39 is 0 Å². The third kappa shape index (κ3) is 3.07. The molecule has 1 heterocycles. The van der Waals surface area contributed by atoms with E-state index in [-0.39, 0.29) is 23.7 Å². The molecule has 0 atom stereocenters. The van der Waals surface area contributed by atoms with E-state index >= 15 is 0 Å². The van der Waals surface area contributed by atoms with E-state index in [1.807, 2.05) is 6.92 Å². The number of halogens is 1. The van der Waals surface area contributed by atoms with Gasteiger partial charge in [-0.3, -0.25) is 14.5 Å². The fraction of sp³-hybridized carbons (Fsp3) is 0.444. The summed E-state index contributed by atoms with van der Waals surface area (Å²) in [4.78, 5) is 27.7. The van der Waals surface area contributed by atoms with E-state index in [0.29, 0.717) is 16.0 Å². The minimum absolute atomic E-state index is 0.00848. The Kier molecular flexibility index (Phi) is 4.85. The van der Waals surface area contributed by atoms with E-state index in [9.17, 15) is 14.0 Å². The predicted molar refractivity (Wildman–Crippen MR) is 90.2 cm³/mol. The van der Waals surface area contributed by atoms with Gasteiger partial charge in [0.15, 0.2) is 0 Å². The maximum atomic E-state index is 13.2. The van der Waals surface area contributed by atoms with Crippen molar-refractivity contribution in [3.05, 3.63) is 40.6 Å². The number of benzene rings is 1.